The highest BCUT2D eigenvalue weighted by molar-refractivity contribution is 6.45. The summed E-state index contributed by atoms with van der Waals surface area (Å²) in [5, 5.41) is 70.6. The summed E-state index contributed by atoms with van der Waals surface area (Å²) < 4.78 is 37.4. The highest BCUT2D eigenvalue weighted by atomic mass is 35.5. The van der Waals surface area contributed by atoms with Crippen LogP contribution in [0.3, 0.4) is 0 Å². The number of alkyl halides is 3. The van der Waals surface area contributed by atoms with Crippen molar-refractivity contribution >= 4 is 216 Å². The van der Waals surface area contributed by atoms with E-state index in [9.17, 15) is 131 Å². The van der Waals surface area contributed by atoms with E-state index in [0.29, 0.717) is 56.7 Å². The third kappa shape index (κ3) is 24.7. The number of nitro groups is 5. The lowest BCUT2D eigenvalue weighted by molar-refractivity contribution is -0.393. The van der Waals surface area contributed by atoms with Gasteiger partial charge in [-0.15, -0.1) is 0 Å². The fraction of sp³-hybridized carbons (Fsp3) is 0.108. The lowest BCUT2D eigenvalue weighted by Crippen LogP contribution is -2.30. The molecule has 0 saturated heterocycles. The van der Waals surface area contributed by atoms with Gasteiger partial charge in [0.05, 0.1) is 127 Å². The molecule has 7 aromatic heterocycles. The normalized spacial score (nSPS) is 10.6. The monoisotopic (exact) mass is 1890 g/mol. The number of hydrogen-bond acceptors (Lipinski definition) is 26. The van der Waals surface area contributed by atoms with Gasteiger partial charge in [0, 0.05) is 30.2 Å². The van der Waals surface area contributed by atoms with E-state index in [0.717, 1.165) is 12.1 Å². The van der Waals surface area contributed by atoms with Crippen LogP contribution in [0.5, 0.6) is 0 Å². The molecule has 7 heterocycles. The standard InChI is InChI=1S/C9H4Cl2N2O3.C9H4ClF3N2O2.C9H6ClN3O4.C8H3Cl2N3O4.C8H4Cl2N2O2.C8H4ClN3O4.C8H4N4O6.C3H9N.C3H5N/c10-3-1-5-6(2-4(3)11)13-8(14)7(12-5)9(15)16;10-4-1-3(9(11,12)13)2-5-6(4)15-8(17)7(16)14-5;1-3-4(10)2-5-6(7(3)13(16)17)12-9(15)8(14)11-5;9-2-1-3-5(6(4(2)10)13(16)17)12-8(15)7(14)11-3;9-3-1-5-6(2-4(3)10)12-8(14)7(13)11-5;9-3-1-4-5(2-6(3)12(15)16)11-8(14)7(13)10-4;13-7-8(14)10-6-4(9-7)1-3(11(15)16)2-5(6)12(17)18;1-4(2)3;1-2-3-4/h1-2H,(H,13,14)(H,15,16);1-2H,(H,14,16)(H,15,17);2H,1H3,(H,11,14)(H,12,15);1H,(H,11,14)(H,12,15);1-2H,(H,11,13)(H,12,14);1-2H,(H,10,13)(H,11,14);1-2H,(H,9,13)(H,10,14);1-3H3;2H2,1H3/p+1. The number of benzene rings is 7. The predicted octanol–water partition coefficient (Wildman–Crippen LogP) is 9.19. The van der Waals surface area contributed by atoms with E-state index in [1.807, 2.05) is 54.0 Å². The molecule has 0 bridgehead atoms. The van der Waals surface area contributed by atoms with E-state index in [2.05, 4.69) is 54.8 Å². The maximum atomic E-state index is 12.5. The SMILES string of the molecule is CCC#N.CN(C)C.Cc1c(Cl)cc2[nH]c(=O)c(=O)[nH]c2c1[N+](=O)[O-].O=C(O)c1[nH+]c2cc(Cl)c(Cl)cc2[nH]c1=O.O=c1[nH]c2cc(C(F)(F)F)cc(Cl)c2[nH]c1=O.O=c1[nH]c2cc(Cl)c(Cl)c([N+](=O)[O-])c2[nH]c1=O.O=c1[nH]c2cc(Cl)c(Cl)cc2[nH]c1=O.O=c1[nH]c2cc(Cl)c([N+](=O)[O-])cc2[nH]c1=O.O=c1[nH]c2cc([N+](=O)[O-])cc([N+](=O)[O-])c2[nH]c1=O. The number of aromatic nitrogens is 14. The van der Waals surface area contributed by atoms with Crippen LogP contribution in [0.4, 0.5) is 41.6 Å². The second-order valence-electron chi connectivity index (χ2n) is 23.8. The number of non-ortho nitro benzene ring substituents is 2. The van der Waals surface area contributed by atoms with Gasteiger partial charge < -0.3 is 74.8 Å². The summed E-state index contributed by atoms with van der Waals surface area (Å²) in [6.07, 6.45) is -3.95. The molecule has 46 nitrogen and oxygen atoms in total. The van der Waals surface area contributed by atoms with Gasteiger partial charge in [-0.25, -0.2) is 4.79 Å². The Morgan fingerprint density at radius 3 is 1.10 bits per heavy atom. The molecule has 0 atom stereocenters. The Morgan fingerprint density at radius 1 is 0.398 bits per heavy atom. The topological polar surface area (TPSA) is 721 Å². The van der Waals surface area contributed by atoms with Gasteiger partial charge in [-0.05, 0) is 76.6 Å². The molecule has 0 amide bonds. The molecule has 0 aliphatic heterocycles. The van der Waals surface area contributed by atoms with Crippen LogP contribution in [0.25, 0.3) is 77.2 Å². The van der Waals surface area contributed by atoms with Crippen LogP contribution < -0.4 is 77.3 Å². The molecule has 0 aliphatic carbocycles. The molecule has 0 unspecified atom stereocenters. The van der Waals surface area contributed by atoms with Crippen molar-refractivity contribution < 1.29 is 52.7 Å². The number of hydrogen-bond donors (Lipinski definition) is 14. The van der Waals surface area contributed by atoms with E-state index in [1.54, 1.807) is 0 Å². The molecule has 642 valence electrons. The number of nitrogens with one attached hydrogen (secondary N) is 14. The van der Waals surface area contributed by atoms with Crippen molar-refractivity contribution in [3.05, 3.63) is 320 Å². The lowest BCUT2D eigenvalue weighted by Gasteiger charge is -2.08. The number of nitro benzene ring substituents is 5. The molecular weight excluding hydrogens is 1850 g/mol. The van der Waals surface area contributed by atoms with Crippen LogP contribution in [-0.2, 0) is 6.18 Å². The minimum atomic E-state index is -4.58. The minimum absolute atomic E-state index is 0.0377. The van der Waals surface area contributed by atoms with Gasteiger partial charge in [0.2, 0.25) is 5.52 Å². The number of rotatable bonds is 6. The zero-order chi connectivity index (χ0) is 92.7. The molecule has 14 rings (SSSR count). The maximum Gasteiger partial charge on any atom is 0.416 e. The van der Waals surface area contributed by atoms with Gasteiger partial charge in [-0.1, -0.05) is 111 Å². The first-order valence-corrected chi connectivity index (χ1v) is 35.5. The van der Waals surface area contributed by atoms with Gasteiger partial charge in [0.1, 0.15) is 32.1 Å². The Bertz CT molecular complexity index is 7420. The average molecular weight is 1900 g/mol. The Morgan fingerprint density at radius 2 is 0.715 bits per heavy atom. The Balaban J connectivity index is 0.000000219. The lowest BCUT2D eigenvalue weighted by atomic mass is 10.1. The summed E-state index contributed by atoms with van der Waals surface area (Å²) in [5.74, 6) is -1.34. The number of halogens is 12. The summed E-state index contributed by atoms with van der Waals surface area (Å²) in [6, 6.07) is 15.7. The summed E-state index contributed by atoms with van der Waals surface area (Å²) in [7, 11) is 6.00. The highest BCUT2D eigenvalue weighted by Crippen LogP contribution is 2.38. The van der Waals surface area contributed by atoms with Gasteiger partial charge in [-0.2, -0.15) is 23.4 Å². The molecule has 14 aromatic rings. The van der Waals surface area contributed by atoms with Crippen molar-refractivity contribution in [1.82, 2.24) is 69.7 Å². The second kappa shape index (κ2) is 41.1. The number of nitrogens with zero attached hydrogens (tertiary/aromatic N) is 7. The Labute approximate surface area is 713 Å². The number of H-pyrrole nitrogens is 14. The van der Waals surface area contributed by atoms with Crippen molar-refractivity contribution in [2.24, 2.45) is 0 Å². The summed E-state index contributed by atoms with van der Waals surface area (Å²) in [6.45, 7) is 3.28. The van der Waals surface area contributed by atoms with Crippen molar-refractivity contribution in [1.29, 1.82) is 5.26 Å². The third-order valence-electron chi connectivity index (χ3n) is 14.7. The second-order valence-corrected chi connectivity index (χ2v) is 27.4. The van der Waals surface area contributed by atoms with E-state index in [-0.39, 0.29) is 107 Å². The number of carboxylic acid groups (broad SMARTS) is 1. The smallest absolute Gasteiger partial charge is 0.416 e. The molecule has 58 heteroatoms. The molecule has 0 saturated carbocycles. The maximum absolute atomic E-state index is 12.5. The molecule has 0 aliphatic rings. The quantitative estimate of drug-likeness (QED) is 0.0419. The Kier molecular flexibility index (Phi) is 32.5. The van der Waals surface area contributed by atoms with E-state index < -0.39 is 137 Å². The molecule has 0 fully saturated rings. The van der Waals surface area contributed by atoms with Crippen LogP contribution in [0.1, 0.15) is 35.0 Å². The first kappa shape index (κ1) is 97.5. The largest absolute Gasteiger partial charge is 0.473 e. The first-order chi connectivity index (χ1) is 57.2. The molecule has 7 aromatic carbocycles. The van der Waals surface area contributed by atoms with E-state index in [1.165, 1.54) is 49.4 Å². The number of carbonyl (C=O) groups is 1. The number of aromatic carboxylic acids is 1. The number of carboxylic acids is 1. The van der Waals surface area contributed by atoms with Crippen molar-refractivity contribution in [2.45, 2.75) is 26.4 Å². The van der Waals surface area contributed by atoms with Crippen LogP contribution >= 0.6 is 104 Å². The zero-order valence-corrected chi connectivity index (χ0v) is 67.8. The first-order valence-electron chi connectivity index (χ1n) is 32.1. The van der Waals surface area contributed by atoms with Crippen molar-refractivity contribution in [3.63, 3.8) is 0 Å². The van der Waals surface area contributed by atoms with Crippen LogP contribution in [0.15, 0.2) is 135 Å². The van der Waals surface area contributed by atoms with Crippen LogP contribution in [-0.4, -0.2) is 127 Å². The van der Waals surface area contributed by atoms with Gasteiger partial charge in [-0.3, -0.25) is 113 Å². The fourth-order valence-corrected chi connectivity index (χ4v) is 11.1. The molecule has 0 spiro atoms. The highest BCUT2D eigenvalue weighted by Gasteiger charge is 2.32. The summed E-state index contributed by atoms with van der Waals surface area (Å²) >= 11 is 51.4. The number of fused-ring (bicyclic) bond motifs is 7. The van der Waals surface area contributed by atoms with Gasteiger partial charge in [0.15, 0.2) is 0 Å². The molecule has 15 N–H and O–H groups in total. The van der Waals surface area contributed by atoms with E-state index >= 15 is 0 Å². The van der Waals surface area contributed by atoms with Crippen molar-refractivity contribution in [2.75, 3.05) is 21.1 Å². The minimum Gasteiger partial charge on any atom is -0.473 e. The molecule has 0 radical (unpaired) electrons. The average Bonchev–Trinajstić information content (AvgIpc) is 0.781. The Hall–Kier alpha value is -14.4. The number of nitriles is 1. The fourth-order valence-electron chi connectivity index (χ4n) is 9.34. The van der Waals surface area contributed by atoms with Gasteiger partial charge in [0.25, 0.3) is 17.1 Å². The third-order valence-corrected chi connectivity index (χ3v) is 17.9. The number of aromatic amines is 14. The predicted molar refractivity (Wildman–Crippen MR) is 443 cm³/mol. The van der Waals surface area contributed by atoms with Crippen LogP contribution in [0, 0.1) is 68.8 Å². The zero-order valence-electron chi connectivity index (χ0n) is 61.0. The summed E-state index contributed by atoms with van der Waals surface area (Å²) in [5.41, 5.74) is -14.0. The molecular formula is C65H44Cl9F3N21O25+. The van der Waals surface area contributed by atoms with Gasteiger partial charge >= 0.3 is 101 Å². The molecule has 123 heavy (non-hydrogen) atoms. The van der Waals surface area contributed by atoms with E-state index in [4.69, 9.17) is 115 Å². The summed E-state index contributed by atoms with van der Waals surface area (Å²) in [4.78, 5) is 237. The van der Waals surface area contributed by atoms with Crippen molar-refractivity contribution in [3.8, 4) is 6.07 Å². The van der Waals surface area contributed by atoms with Crippen LogP contribution in [0.2, 0.25) is 45.2 Å².